The highest BCUT2D eigenvalue weighted by atomic mass is 35.5. The highest BCUT2D eigenvalue weighted by molar-refractivity contribution is 6.30. The van der Waals surface area contributed by atoms with Crippen molar-refractivity contribution >= 4 is 29.1 Å². The summed E-state index contributed by atoms with van der Waals surface area (Å²) >= 11 is 5.98. The smallest absolute Gasteiger partial charge is 0.251 e. The number of carbonyl (C=O) groups excluding carboxylic acids is 2. The van der Waals surface area contributed by atoms with Gasteiger partial charge in [0.2, 0.25) is 5.91 Å². The summed E-state index contributed by atoms with van der Waals surface area (Å²) in [5, 5.41) is 6.49. The minimum atomic E-state index is -0.176. The summed E-state index contributed by atoms with van der Waals surface area (Å²) in [5.41, 5.74) is 3.30. The molecule has 0 aliphatic rings. The number of carbonyl (C=O) groups is 2. The summed E-state index contributed by atoms with van der Waals surface area (Å²) in [5.74, 6) is -0.318. The van der Waals surface area contributed by atoms with Crippen LogP contribution in [0, 0.1) is 0 Å². The second-order valence-electron chi connectivity index (χ2n) is 6.53. The van der Waals surface area contributed by atoms with Crippen LogP contribution in [0.5, 0.6) is 0 Å². The molecule has 0 bridgehead atoms. The Hall–Kier alpha value is -3.11. The Morgan fingerprint density at radius 1 is 0.893 bits per heavy atom. The third-order valence-electron chi connectivity index (χ3n) is 4.33. The van der Waals surface area contributed by atoms with Crippen LogP contribution in [0.1, 0.15) is 34.5 Å². The van der Waals surface area contributed by atoms with Gasteiger partial charge in [-0.3, -0.25) is 9.59 Å². The van der Waals surface area contributed by atoms with E-state index in [1.54, 1.807) is 24.3 Å². The lowest BCUT2D eigenvalue weighted by Gasteiger charge is -2.20. The molecule has 1 unspecified atom stereocenters. The lowest BCUT2D eigenvalue weighted by Crippen LogP contribution is -2.30. The number of hydrogen-bond donors (Lipinski definition) is 2. The van der Waals surface area contributed by atoms with Gasteiger partial charge in [0.05, 0.1) is 6.04 Å². The molecule has 2 N–H and O–H groups in total. The first-order valence-corrected chi connectivity index (χ1v) is 9.37. The molecule has 3 aromatic rings. The molecule has 0 radical (unpaired) electrons. The quantitative estimate of drug-likeness (QED) is 0.619. The summed E-state index contributed by atoms with van der Waals surface area (Å²) in [6.45, 7) is 1.45. The van der Waals surface area contributed by atoms with Crippen molar-refractivity contribution in [1.82, 2.24) is 5.32 Å². The van der Waals surface area contributed by atoms with Crippen LogP contribution < -0.4 is 10.6 Å². The highest BCUT2D eigenvalue weighted by Gasteiger charge is 2.16. The molecule has 0 aromatic heterocycles. The molecule has 0 aliphatic carbocycles. The first kappa shape index (κ1) is 19.6. The van der Waals surface area contributed by atoms with E-state index in [4.69, 9.17) is 11.6 Å². The number of halogens is 1. The molecule has 0 saturated heterocycles. The minimum Gasteiger partial charge on any atom is -0.345 e. The molecule has 3 rings (SSSR count). The maximum atomic E-state index is 12.8. The molecule has 1 atom stereocenters. The van der Waals surface area contributed by atoms with Crippen molar-refractivity contribution in [2.45, 2.75) is 19.4 Å². The van der Waals surface area contributed by atoms with Gasteiger partial charge in [0.1, 0.15) is 0 Å². The summed E-state index contributed by atoms with van der Waals surface area (Å²) in [6, 6.07) is 24.1. The summed E-state index contributed by atoms with van der Waals surface area (Å²) in [7, 11) is 0. The zero-order valence-corrected chi connectivity index (χ0v) is 16.2. The molecule has 142 valence electrons. The van der Waals surface area contributed by atoms with Crippen molar-refractivity contribution < 1.29 is 9.59 Å². The van der Waals surface area contributed by atoms with Gasteiger partial charge in [-0.2, -0.15) is 0 Å². The van der Waals surface area contributed by atoms with Crippen LogP contribution in [-0.4, -0.2) is 11.8 Å². The van der Waals surface area contributed by atoms with Gasteiger partial charge >= 0.3 is 0 Å². The molecule has 2 amide bonds. The van der Waals surface area contributed by atoms with E-state index in [1.807, 2.05) is 54.6 Å². The van der Waals surface area contributed by atoms with E-state index >= 15 is 0 Å². The molecule has 0 heterocycles. The Bertz CT molecular complexity index is 939. The summed E-state index contributed by atoms with van der Waals surface area (Å²) in [6.07, 6.45) is 0.650. The Kier molecular flexibility index (Phi) is 6.45. The monoisotopic (exact) mass is 392 g/mol. The number of nitrogens with one attached hydrogen (secondary N) is 2. The average Bonchev–Trinajstić information content (AvgIpc) is 2.70. The van der Waals surface area contributed by atoms with Gasteiger partial charge in [0, 0.05) is 23.2 Å². The van der Waals surface area contributed by atoms with Crippen LogP contribution in [0.2, 0.25) is 5.02 Å². The fraction of sp³-hybridized carbons (Fsp3) is 0.130. The van der Waals surface area contributed by atoms with Crippen LogP contribution in [0.25, 0.3) is 0 Å². The lowest BCUT2D eigenvalue weighted by atomic mass is 9.98. The van der Waals surface area contributed by atoms with Crippen molar-refractivity contribution in [3.05, 3.63) is 101 Å². The van der Waals surface area contributed by atoms with Crippen molar-refractivity contribution in [3.63, 3.8) is 0 Å². The van der Waals surface area contributed by atoms with Crippen molar-refractivity contribution in [2.75, 3.05) is 5.32 Å². The van der Waals surface area contributed by atoms with Crippen molar-refractivity contribution in [1.29, 1.82) is 0 Å². The van der Waals surface area contributed by atoms with Gasteiger partial charge in [-0.25, -0.2) is 0 Å². The van der Waals surface area contributed by atoms with Gasteiger partial charge in [-0.1, -0.05) is 54.1 Å². The number of benzene rings is 3. The van der Waals surface area contributed by atoms with Crippen molar-refractivity contribution in [3.8, 4) is 0 Å². The first-order chi connectivity index (χ1) is 13.5. The third kappa shape index (κ3) is 5.44. The third-order valence-corrected chi connectivity index (χ3v) is 4.58. The van der Waals surface area contributed by atoms with E-state index in [0.717, 1.165) is 11.1 Å². The van der Waals surface area contributed by atoms with Crippen LogP contribution in [0.15, 0.2) is 78.9 Å². The molecule has 5 heteroatoms. The highest BCUT2D eigenvalue weighted by Crippen LogP contribution is 2.21. The molecule has 0 spiro atoms. The van der Waals surface area contributed by atoms with Gasteiger partial charge in [0.15, 0.2) is 0 Å². The van der Waals surface area contributed by atoms with Gasteiger partial charge in [0.25, 0.3) is 5.91 Å². The molecule has 28 heavy (non-hydrogen) atoms. The standard InChI is InChI=1S/C23H21ClN2O2/c1-16(27)25-21-13-9-19(10-14-21)23(28)26-22(18-5-3-2-4-6-18)15-17-7-11-20(24)12-8-17/h2-14,22H,15H2,1H3,(H,25,27)(H,26,28). The fourth-order valence-electron chi connectivity index (χ4n) is 2.94. The number of anilines is 1. The minimum absolute atomic E-state index is 0.149. The largest absolute Gasteiger partial charge is 0.345 e. The first-order valence-electron chi connectivity index (χ1n) is 8.99. The van der Waals surface area contributed by atoms with E-state index in [0.29, 0.717) is 22.7 Å². The summed E-state index contributed by atoms with van der Waals surface area (Å²) < 4.78 is 0. The predicted molar refractivity (Wildman–Crippen MR) is 113 cm³/mol. The molecular weight excluding hydrogens is 372 g/mol. The second-order valence-corrected chi connectivity index (χ2v) is 6.96. The average molecular weight is 393 g/mol. The zero-order valence-electron chi connectivity index (χ0n) is 15.5. The van der Waals surface area contributed by atoms with Crippen LogP contribution in [-0.2, 0) is 11.2 Å². The molecule has 0 fully saturated rings. The molecule has 3 aromatic carbocycles. The molecule has 0 aliphatic heterocycles. The molecule has 4 nitrogen and oxygen atoms in total. The summed E-state index contributed by atoms with van der Waals surface area (Å²) in [4.78, 5) is 23.9. The maximum absolute atomic E-state index is 12.8. The Labute approximate surface area is 169 Å². The topological polar surface area (TPSA) is 58.2 Å². The van der Waals surface area contributed by atoms with E-state index in [2.05, 4.69) is 10.6 Å². The van der Waals surface area contributed by atoms with Crippen LogP contribution >= 0.6 is 11.6 Å². The van der Waals surface area contributed by atoms with E-state index in [-0.39, 0.29) is 17.9 Å². The van der Waals surface area contributed by atoms with E-state index < -0.39 is 0 Å². The SMILES string of the molecule is CC(=O)Nc1ccc(C(=O)NC(Cc2ccc(Cl)cc2)c2ccccc2)cc1. The van der Waals surface area contributed by atoms with Crippen LogP contribution in [0.3, 0.4) is 0 Å². The molecular formula is C23H21ClN2O2. The van der Waals surface area contributed by atoms with Gasteiger partial charge in [-0.05, 0) is 53.9 Å². The van der Waals surface area contributed by atoms with Gasteiger partial charge < -0.3 is 10.6 Å². The Balaban J connectivity index is 1.77. The fourth-order valence-corrected chi connectivity index (χ4v) is 3.07. The second kappa shape index (κ2) is 9.20. The lowest BCUT2D eigenvalue weighted by molar-refractivity contribution is -0.114. The molecule has 0 saturated carbocycles. The van der Waals surface area contributed by atoms with Crippen molar-refractivity contribution in [2.24, 2.45) is 0 Å². The normalized spacial score (nSPS) is 11.5. The number of rotatable bonds is 6. The van der Waals surface area contributed by atoms with E-state index in [1.165, 1.54) is 6.92 Å². The van der Waals surface area contributed by atoms with Crippen LogP contribution in [0.4, 0.5) is 5.69 Å². The maximum Gasteiger partial charge on any atom is 0.251 e. The predicted octanol–water partition coefficient (Wildman–Crippen LogP) is 5.01. The number of amides is 2. The zero-order chi connectivity index (χ0) is 19.9. The Morgan fingerprint density at radius 3 is 2.14 bits per heavy atom. The van der Waals surface area contributed by atoms with Gasteiger partial charge in [-0.15, -0.1) is 0 Å². The number of hydrogen-bond acceptors (Lipinski definition) is 2. The van der Waals surface area contributed by atoms with E-state index in [9.17, 15) is 9.59 Å². The Morgan fingerprint density at radius 2 is 1.54 bits per heavy atom.